The molecular weight excluding hydrogens is 212 g/mol. The van der Waals surface area contributed by atoms with Crippen LogP contribution in [0.3, 0.4) is 0 Å². The molecule has 16 heavy (non-hydrogen) atoms. The first-order valence-electron chi connectivity index (χ1n) is 4.68. The van der Waals surface area contributed by atoms with E-state index in [-0.39, 0.29) is 20.0 Å². The summed E-state index contributed by atoms with van der Waals surface area (Å²) in [5, 5.41) is 0. The van der Waals surface area contributed by atoms with Crippen molar-refractivity contribution in [3.05, 3.63) is 24.3 Å². The molecule has 0 fully saturated rings. The first-order chi connectivity index (χ1) is 7.45. The molecule has 0 bridgehead atoms. The van der Waals surface area contributed by atoms with Crippen molar-refractivity contribution >= 4 is 11.9 Å². The molecule has 5 nitrogen and oxygen atoms in total. The molecule has 0 amide bonds. The minimum absolute atomic E-state index is 0.0936. The van der Waals surface area contributed by atoms with Crippen molar-refractivity contribution < 1.29 is 23.8 Å². The average molecular weight is 228 g/mol. The van der Waals surface area contributed by atoms with Gasteiger partial charge in [0.25, 0.3) is 0 Å². The molecule has 0 heterocycles. The summed E-state index contributed by atoms with van der Waals surface area (Å²) in [4.78, 5) is 21.8. The second-order valence-corrected chi connectivity index (χ2v) is 3.15. The van der Waals surface area contributed by atoms with Crippen LogP contribution in [0.15, 0.2) is 24.3 Å². The predicted octanol–water partition coefficient (Wildman–Crippen LogP) is 1.20. The van der Waals surface area contributed by atoms with E-state index in [4.69, 9.17) is 9.47 Å². The first kappa shape index (κ1) is 14.4. The Morgan fingerprint density at radius 1 is 0.938 bits per heavy atom. The van der Waals surface area contributed by atoms with Crippen LogP contribution in [0.2, 0.25) is 0 Å². The number of ether oxygens (including phenoxy) is 3. The highest BCUT2D eigenvalue weighted by Crippen LogP contribution is 1.93. The van der Waals surface area contributed by atoms with Crippen LogP contribution in [-0.4, -0.2) is 31.9 Å². The summed E-state index contributed by atoms with van der Waals surface area (Å²) in [7, 11) is 0. The van der Waals surface area contributed by atoms with Gasteiger partial charge in [-0.25, -0.2) is 9.59 Å². The summed E-state index contributed by atoms with van der Waals surface area (Å²) in [6.45, 7) is 9.98. The third-order valence-electron chi connectivity index (χ3n) is 1.43. The van der Waals surface area contributed by atoms with Gasteiger partial charge in [0.1, 0.15) is 6.61 Å². The topological polar surface area (TPSA) is 61.8 Å². The lowest BCUT2D eigenvalue weighted by Gasteiger charge is -2.06. The first-order valence-corrected chi connectivity index (χ1v) is 4.68. The third-order valence-corrected chi connectivity index (χ3v) is 1.43. The van der Waals surface area contributed by atoms with Crippen LogP contribution in [0.5, 0.6) is 0 Å². The van der Waals surface area contributed by atoms with E-state index in [0.717, 1.165) is 0 Å². The highest BCUT2D eigenvalue weighted by atomic mass is 16.7. The van der Waals surface area contributed by atoms with Crippen molar-refractivity contribution in [2.45, 2.75) is 13.8 Å². The van der Waals surface area contributed by atoms with Gasteiger partial charge < -0.3 is 14.2 Å². The second-order valence-electron chi connectivity index (χ2n) is 3.15. The fraction of sp³-hybridized carbons (Fsp3) is 0.455. The molecule has 0 aromatic carbocycles. The van der Waals surface area contributed by atoms with E-state index >= 15 is 0 Å². The predicted molar refractivity (Wildman–Crippen MR) is 57.5 cm³/mol. The van der Waals surface area contributed by atoms with E-state index in [2.05, 4.69) is 17.9 Å². The molecule has 0 atom stereocenters. The number of carbonyl (C=O) groups is 2. The van der Waals surface area contributed by atoms with Gasteiger partial charge in [-0.3, -0.25) is 0 Å². The van der Waals surface area contributed by atoms with Crippen LogP contribution in [0.25, 0.3) is 0 Å². The molecule has 0 saturated heterocycles. The van der Waals surface area contributed by atoms with E-state index in [0.29, 0.717) is 11.1 Å². The molecule has 0 radical (unpaired) electrons. The zero-order valence-corrected chi connectivity index (χ0v) is 9.58. The third kappa shape index (κ3) is 6.78. The summed E-state index contributed by atoms with van der Waals surface area (Å²) in [6.07, 6.45) is 0. The van der Waals surface area contributed by atoms with Crippen molar-refractivity contribution in [3.63, 3.8) is 0 Å². The molecule has 0 aromatic heterocycles. The molecule has 0 saturated carbocycles. The van der Waals surface area contributed by atoms with Crippen LogP contribution < -0.4 is 0 Å². The summed E-state index contributed by atoms with van der Waals surface area (Å²) in [6, 6.07) is 0. The van der Waals surface area contributed by atoms with Gasteiger partial charge in [0.15, 0.2) is 6.79 Å². The maximum atomic E-state index is 10.9. The van der Waals surface area contributed by atoms with Gasteiger partial charge in [0.2, 0.25) is 0 Å². The van der Waals surface area contributed by atoms with Crippen molar-refractivity contribution in [1.29, 1.82) is 0 Å². The van der Waals surface area contributed by atoms with Gasteiger partial charge in [0, 0.05) is 11.1 Å². The number of rotatable bonds is 7. The molecule has 0 N–H and O–H groups in total. The summed E-state index contributed by atoms with van der Waals surface area (Å²) >= 11 is 0. The highest BCUT2D eigenvalue weighted by Gasteiger charge is 2.03. The molecule has 0 aliphatic carbocycles. The SMILES string of the molecule is C=C(C)C(=O)OCCOCOC(=O)C(=C)C. The van der Waals surface area contributed by atoms with Crippen molar-refractivity contribution in [2.24, 2.45) is 0 Å². The lowest BCUT2D eigenvalue weighted by molar-refractivity contribution is -0.155. The van der Waals surface area contributed by atoms with Gasteiger partial charge in [-0.1, -0.05) is 13.2 Å². The van der Waals surface area contributed by atoms with Gasteiger partial charge in [-0.2, -0.15) is 0 Å². The maximum absolute atomic E-state index is 10.9. The van der Waals surface area contributed by atoms with E-state index < -0.39 is 11.9 Å². The Kier molecular flexibility index (Phi) is 6.87. The summed E-state index contributed by atoms with van der Waals surface area (Å²) in [5.41, 5.74) is 0.631. The Morgan fingerprint density at radius 2 is 1.44 bits per heavy atom. The standard InChI is InChI=1S/C11H16O5/c1-8(2)10(12)15-6-5-14-7-16-11(13)9(3)4/h1,3,5-7H2,2,4H3. The molecule has 90 valence electrons. The van der Waals surface area contributed by atoms with E-state index in [1.165, 1.54) is 6.92 Å². The molecular formula is C11H16O5. The number of hydrogen-bond donors (Lipinski definition) is 0. The molecule has 0 aliphatic heterocycles. The Hall–Kier alpha value is -1.62. The molecule has 0 aromatic rings. The fourth-order valence-corrected chi connectivity index (χ4v) is 0.594. The van der Waals surface area contributed by atoms with Crippen molar-refractivity contribution in [2.75, 3.05) is 20.0 Å². The molecule has 0 spiro atoms. The van der Waals surface area contributed by atoms with Crippen LogP contribution >= 0.6 is 0 Å². The Balaban J connectivity index is 3.41. The smallest absolute Gasteiger partial charge is 0.335 e. The molecule has 0 rings (SSSR count). The highest BCUT2D eigenvalue weighted by molar-refractivity contribution is 5.87. The summed E-state index contributed by atoms with van der Waals surface area (Å²) in [5.74, 6) is -0.985. The minimum atomic E-state index is -0.515. The Morgan fingerprint density at radius 3 is 1.94 bits per heavy atom. The van der Waals surface area contributed by atoms with Crippen LogP contribution in [0, 0.1) is 0 Å². The Labute approximate surface area is 94.7 Å². The van der Waals surface area contributed by atoms with Crippen LogP contribution in [-0.2, 0) is 23.8 Å². The quantitative estimate of drug-likeness (QED) is 0.283. The second kappa shape index (κ2) is 7.64. The average Bonchev–Trinajstić information content (AvgIpc) is 2.21. The van der Waals surface area contributed by atoms with Gasteiger partial charge >= 0.3 is 11.9 Å². The van der Waals surface area contributed by atoms with Crippen LogP contribution in [0.4, 0.5) is 0 Å². The lowest BCUT2D eigenvalue weighted by atomic mass is 10.4. The number of carbonyl (C=O) groups excluding carboxylic acids is 2. The minimum Gasteiger partial charge on any atom is -0.460 e. The van der Waals surface area contributed by atoms with Crippen molar-refractivity contribution in [3.8, 4) is 0 Å². The number of esters is 2. The monoisotopic (exact) mass is 228 g/mol. The van der Waals surface area contributed by atoms with Crippen molar-refractivity contribution in [1.82, 2.24) is 0 Å². The van der Waals surface area contributed by atoms with Gasteiger partial charge in [-0.05, 0) is 13.8 Å². The zero-order valence-electron chi connectivity index (χ0n) is 9.58. The normalized spacial score (nSPS) is 9.38. The lowest BCUT2D eigenvalue weighted by Crippen LogP contribution is -2.14. The molecule has 0 unspecified atom stereocenters. The van der Waals surface area contributed by atoms with E-state index in [1.807, 2.05) is 0 Å². The maximum Gasteiger partial charge on any atom is 0.335 e. The van der Waals surface area contributed by atoms with Gasteiger partial charge in [-0.15, -0.1) is 0 Å². The van der Waals surface area contributed by atoms with Gasteiger partial charge in [0.05, 0.1) is 6.61 Å². The largest absolute Gasteiger partial charge is 0.460 e. The van der Waals surface area contributed by atoms with E-state index in [1.54, 1.807) is 6.92 Å². The fourth-order valence-electron chi connectivity index (χ4n) is 0.594. The van der Waals surface area contributed by atoms with Crippen LogP contribution in [0.1, 0.15) is 13.8 Å². The molecule has 0 aliphatic rings. The zero-order chi connectivity index (χ0) is 12.6. The number of hydrogen-bond acceptors (Lipinski definition) is 5. The molecule has 5 heteroatoms. The van der Waals surface area contributed by atoms with E-state index in [9.17, 15) is 9.59 Å². The summed E-state index contributed by atoms with van der Waals surface area (Å²) < 4.78 is 14.3. The Bertz CT molecular complexity index is 263.